The second-order valence-electron chi connectivity index (χ2n) is 7.34. The van der Waals surface area contributed by atoms with Gasteiger partial charge in [0.15, 0.2) is 0 Å². The van der Waals surface area contributed by atoms with Gasteiger partial charge in [0.2, 0.25) is 0 Å². The number of likely N-dealkylation sites (tertiary alicyclic amines) is 1. The van der Waals surface area contributed by atoms with Crippen molar-refractivity contribution in [1.82, 2.24) is 14.7 Å². The monoisotopic (exact) mass is 299 g/mol. The smallest absolute Gasteiger partial charge is 0.410 e. The molecule has 0 aromatic heterocycles. The van der Waals surface area contributed by atoms with Crippen LogP contribution in [0.5, 0.6) is 0 Å². The van der Waals surface area contributed by atoms with Gasteiger partial charge in [0.25, 0.3) is 0 Å². The van der Waals surface area contributed by atoms with Crippen LogP contribution in [0.4, 0.5) is 4.79 Å². The fourth-order valence-corrected chi connectivity index (χ4v) is 2.98. The molecule has 0 aromatic rings. The molecule has 0 radical (unpaired) electrons. The Bertz CT molecular complexity index is 383. The molecule has 6 nitrogen and oxygen atoms in total. The van der Waals surface area contributed by atoms with E-state index in [1.54, 1.807) is 4.90 Å². The first-order chi connectivity index (χ1) is 9.67. The van der Waals surface area contributed by atoms with Crippen molar-refractivity contribution in [2.45, 2.75) is 51.5 Å². The number of ether oxygens (including phenoxy) is 1. The highest BCUT2D eigenvalue weighted by atomic mass is 16.6. The molecule has 0 aromatic carbocycles. The standard InChI is InChI=1S/C15H29N3O3/c1-11-8-17(7-6-16(11)5)12-9-18(10-13(12)19)14(20)21-15(2,3)4/h11-13,19H,6-10H2,1-5H3/t11-,12?,13?/m0/s1. The number of aliphatic hydroxyl groups excluding tert-OH is 1. The van der Waals surface area contributed by atoms with E-state index in [-0.39, 0.29) is 12.1 Å². The third kappa shape index (κ3) is 4.08. The Morgan fingerprint density at radius 2 is 1.86 bits per heavy atom. The summed E-state index contributed by atoms with van der Waals surface area (Å²) < 4.78 is 5.39. The van der Waals surface area contributed by atoms with Gasteiger partial charge in [0.1, 0.15) is 5.60 Å². The molecule has 0 aliphatic carbocycles. The van der Waals surface area contributed by atoms with Crippen molar-refractivity contribution in [1.29, 1.82) is 0 Å². The fraction of sp³-hybridized carbons (Fsp3) is 0.933. The van der Waals surface area contributed by atoms with Crippen LogP contribution in [-0.4, -0.2) is 89.5 Å². The van der Waals surface area contributed by atoms with Gasteiger partial charge in [0.05, 0.1) is 18.7 Å². The van der Waals surface area contributed by atoms with E-state index in [2.05, 4.69) is 23.8 Å². The summed E-state index contributed by atoms with van der Waals surface area (Å²) in [5.41, 5.74) is -0.498. The van der Waals surface area contributed by atoms with Crippen LogP contribution in [0.1, 0.15) is 27.7 Å². The molecule has 122 valence electrons. The van der Waals surface area contributed by atoms with E-state index >= 15 is 0 Å². The summed E-state index contributed by atoms with van der Waals surface area (Å²) in [5.74, 6) is 0. The van der Waals surface area contributed by atoms with Crippen LogP contribution in [0.2, 0.25) is 0 Å². The van der Waals surface area contributed by atoms with Gasteiger partial charge in [0, 0.05) is 32.2 Å². The first kappa shape index (κ1) is 16.5. The number of aliphatic hydroxyl groups is 1. The molecule has 0 spiro atoms. The van der Waals surface area contributed by atoms with Gasteiger partial charge < -0.3 is 19.6 Å². The highest BCUT2D eigenvalue weighted by molar-refractivity contribution is 5.68. The Morgan fingerprint density at radius 3 is 2.43 bits per heavy atom. The van der Waals surface area contributed by atoms with Crippen molar-refractivity contribution in [3.05, 3.63) is 0 Å². The van der Waals surface area contributed by atoms with Crippen molar-refractivity contribution in [2.75, 3.05) is 39.8 Å². The number of amides is 1. The largest absolute Gasteiger partial charge is 0.444 e. The molecule has 2 aliphatic rings. The quantitative estimate of drug-likeness (QED) is 0.768. The molecule has 1 N–H and O–H groups in total. The molecule has 0 saturated carbocycles. The Hall–Kier alpha value is -0.850. The molecule has 2 fully saturated rings. The zero-order valence-electron chi connectivity index (χ0n) is 13.9. The lowest BCUT2D eigenvalue weighted by Crippen LogP contribution is -2.56. The third-order valence-corrected chi connectivity index (χ3v) is 4.37. The maximum absolute atomic E-state index is 12.1. The van der Waals surface area contributed by atoms with Gasteiger partial charge in [-0.15, -0.1) is 0 Å². The lowest BCUT2D eigenvalue weighted by atomic mass is 10.1. The minimum atomic E-state index is -0.498. The Balaban J connectivity index is 1.93. The zero-order valence-corrected chi connectivity index (χ0v) is 13.9. The van der Waals surface area contributed by atoms with Gasteiger partial charge in [-0.1, -0.05) is 0 Å². The number of rotatable bonds is 1. The first-order valence-electron chi connectivity index (χ1n) is 7.77. The molecule has 2 unspecified atom stereocenters. The number of hydrogen-bond acceptors (Lipinski definition) is 5. The SMILES string of the molecule is C[C@H]1CN(C2CN(C(=O)OC(C)(C)C)CC2O)CCN1C. The summed E-state index contributed by atoms with van der Waals surface area (Å²) in [7, 11) is 2.13. The number of β-amino-alcohol motifs (C(OH)–C–C–N with tert-alkyl or cyclic N) is 1. The van der Waals surface area contributed by atoms with Gasteiger partial charge in [-0.25, -0.2) is 4.79 Å². The number of nitrogens with zero attached hydrogens (tertiary/aromatic N) is 3. The third-order valence-electron chi connectivity index (χ3n) is 4.37. The molecule has 21 heavy (non-hydrogen) atoms. The van der Waals surface area contributed by atoms with Gasteiger partial charge in [-0.2, -0.15) is 0 Å². The first-order valence-corrected chi connectivity index (χ1v) is 7.77. The number of hydrogen-bond donors (Lipinski definition) is 1. The summed E-state index contributed by atoms with van der Waals surface area (Å²) >= 11 is 0. The van der Waals surface area contributed by atoms with Crippen LogP contribution < -0.4 is 0 Å². The van der Waals surface area contributed by atoms with E-state index in [4.69, 9.17) is 4.74 Å². The molecule has 2 heterocycles. The molecule has 2 saturated heterocycles. The summed E-state index contributed by atoms with van der Waals surface area (Å²) in [6.07, 6.45) is -0.820. The predicted molar refractivity (Wildman–Crippen MR) is 81.3 cm³/mol. The van der Waals surface area contributed by atoms with Crippen LogP contribution in [0.3, 0.4) is 0 Å². The van der Waals surface area contributed by atoms with E-state index in [0.29, 0.717) is 19.1 Å². The van der Waals surface area contributed by atoms with Gasteiger partial charge in [-0.05, 0) is 34.7 Å². The molecule has 6 heteroatoms. The molecule has 3 atom stereocenters. The van der Waals surface area contributed by atoms with Gasteiger partial charge in [-0.3, -0.25) is 4.90 Å². The number of piperazine rings is 1. The van der Waals surface area contributed by atoms with Crippen molar-refractivity contribution in [3.8, 4) is 0 Å². The normalized spacial score (nSPS) is 32.5. The van der Waals surface area contributed by atoms with Crippen molar-refractivity contribution >= 4 is 6.09 Å². The molecular formula is C15H29N3O3. The second kappa shape index (κ2) is 6.10. The maximum atomic E-state index is 12.1. The lowest BCUT2D eigenvalue weighted by Gasteiger charge is -2.41. The lowest BCUT2D eigenvalue weighted by molar-refractivity contribution is 0.0258. The zero-order chi connectivity index (χ0) is 15.8. The second-order valence-corrected chi connectivity index (χ2v) is 7.34. The van der Waals surface area contributed by atoms with E-state index in [9.17, 15) is 9.90 Å². The van der Waals surface area contributed by atoms with Crippen molar-refractivity contribution in [2.24, 2.45) is 0 Å². The summed E-state index contributed by atoms with van der Waals surface area (Å²) in [6.45, 7) is 11.5. The van der Waals surface area contributed by atoms with E-state index in [1.165, 1.54) is 0 Å². The number of carbonyl (C=O) groups excluding carboxylic acids is 1. The van der Waals surface area contributed by atoms with Crippen LogP contribution in [0, 0.1) is 0 Å². The molecule has 1 amide bonds. The number of carbonyl (C=O) groups is 1. The minimum absolute atomic E-state index is 0.0219. The van der Waals surface area contributed by atoms with E-state index in [0.717, 1.165) is 19.6 Å². The topological polar surface area (TPSA) is 56.3 Å². The Kier molecular flexibility index (Phi) is 4.80. The highest BCUT2D eigenvalue weighted by Crippen LogP contribution is 2.21. The Labute approximate surface area is 127 Å². The van der Waals surface area contributed by atoms with Crippen molar-refractivity contribution < 1.29 is 14.6 Å². The summed E-state index contributed by atoms with van der Waals surface area (Å²) in [4.78, 5) is 18.4. The summed E-state index contributed by atoms with van der Waals surface area (Å²) in [5, 5.41) is 10.3. The molecule has 2 rings (SSSR count). The van der Waals surface area contributed by atoms with Crippen LogP contribution in [-0.2, 0) is 4.74 Å². The minimum Gasteiger partial charge on any atom is -0.444 e. The van der Waals surface area contributed by atoms with E-state index < -0.39 is 11.7 Å². The average molecular weight is 299 g/mol. The van der Waals surface area contributed by atoms with Crippen LogP contribution in [0.15, 0.2) is 0 Å². The number of likely N-dealkylation sites (N-methyl/N-ethyl adjacent to an activating group) is 1. The van der Waals surface area contributed by atoms with Gasteiger partial charge >= 0.3 is 6.09 Å². The predicted octanol–water partition coefficient (Wildman–Crippen LogP) is 0.603. The van der Waals surface area contributed by atoms with Crippen LogP contribution >= 0.6 is 0 Å². The van der Waals surface area contributed by atoms with E-state index in [1.807, 2.05) is 20.8 Å². The fourth-order valence-electron chi connectivity index (χ4n) is 2.98. The average Bonchev–Trinajstić information content (AvgIpc) is 2.73. The van der Waals surface area contributed by atoms with Crippen molar-refractivity contribution in [3.63, 3.8) is 0 Å². The molecule has 0 bridgehead atoms. The molecule has 2 aliphatic heterocycles. The maximum Gasteiger partial charge on any atom is 0.410 e. The molecular weight excluding hydrogens is 270 g/mol. The van der Waals surface area contributed by atoms with Crippen LogP contribution in [0.25, 0.3) is 0 Å². The summed E-state index contributed by atoms with van der Waals surface area (Å²) in [6, 6.07) is 0.496. The highest BCUT2D eigenvalue weighted by Gasteiger charge is 2.40. The Morgan fingerprint density at radius 1 is 1.19 bits per heavy atom.